The largest absolute Gasteiger partial charge is 0.382 e. The van der Waals surface area contributed by atoms with E-state index in [-0.39, 0.29) is 12.0 Å². The van der Waals surface area contributed by atoms with Crippen molar-refractivity contribution in [2.45, 2.75) is 32.3 Å². The van der Waals surface area contributed by atoms with Crippen LogP contribution in [0.15, 0.2) is 42.5 Å². The molecule has 1 aromatic heterocycles. The highest BCUT2D eigenvalue weighted by Gasteiger charge is 2.21. The Bertz CT molecular complexity index is 958. The maximum Gasteiger partial charge on any atom is 0.253 e. The highest BCUT2D eigenvalue weighted by Crippen LogP contribution is 2.27. The third kappa shape index (κ3) is 3.73. The predicted molar refractivity (Wildman–Crippen MR) is 111 cm³/mol. The van der Waals surface area contributed by atoms with Crippen molar-refractivity contribution in [2.24, 2.45) is 0 Å². The van der Waals surface area contributed by atoms with E-state index in [1.54, 1.807) is 0 Å². The van der Waals surface area contributed by atoms with Gasteiger partial charge in [-0.25, -0.2) is 0 Å². The number of benzene rings is 2. The molecule has 1 aliphatic heterocycles. The summed E-state index contributed by atoms with van der Waals surface area (Å²) in [5.41, 5.74) is 9.61. The Kier molecular flexibility index (Phi) is 5.30. The molecule has 1 aliphatic rings. The van der Waals surface area contributed by atoms with Crippen LogP contribution in [-0.4, -0.2) is 46.8 Å². The third-order valence-electron chi connectivity index (χ3n) is 5.42. The fraction of sp³-hybridized carbons (Fsp3) is 0.364. The maximum atomic E-state index is 12.9. The van der Waals surface area contributed by atoms with Gasteiger partial charge in [-0.3, -0.25) is 9.89 Å². The number of likely N-dealkylation sites (N-methyl/N-ethyl adjacent to an activating group) is 1. The second-order valence-electron chi connectivity index (χ2n) is 7.28. The quantitative estimate of drug-likeness (QED) is 0.706. The SMILES string of the molecule is CCN(CC1CCCCO1)C(=O)c1ccc(-c2ccc3[nH]nc(N)c3c2)cc1. The molecule has 146 valence electrons. The second-order valence-corrected chi connectivity index (χ2v) is 7.28. The standard InChI is InChI=1S/C22H26N4O2/c1-2-26(14-18-5-3-4-12-28-18)22(27)16-8-6-15(7-9-16)17-10-11-20-19(13-17)21(23)25-24-20/h6-11,13,18H,2-5,12,14H2,1H3,(H3,23,24,25). The zero-order valence-electron chi connectivity index (χ0n) is 16.1. The molecular weight excluding hydrogens is 352 g/mol. The number of fused-ring (bicyclic) bond motifs is 1. The van der Waals surface area contributed by atoms with E-state index in [0.29, 0.717) is 24.5 Å². The smallest absolute Gasteiger partial charge is 0.253 e. The van der Waals surface area contributed by atoms with Crippen LogP contribution in [-0.2, 0) is 4.74 Å². The van der Waals surface area contributed by atoms with Crippen LogP contribution in [0, 0.1) is 0 Å². The molecular formula is C22H26N4O2. The van der Waals surface area contributed by atoms with Crippen molar-refractivity contribution in [1.29, 1.82) is 0 Å². The first-order valence-corrected chi connectivity index (χ1v) is 9.90. The zero-order chi connectivity index (χ0) is 19.5. The number of H-pyrrole nitrogens is 1. The van der Waals surface area contributed by atoms with Crippen LogP contribution in [0.5, 0.6) is 0 Å². The van der Waals surface area contributed by atoms with Crippen molar-refractivity contribution in [3.05, 3.63) is 48.0 Å². The summed E-state index contributed by atoms with van der Waals surface area (Å²) in [5, 5.41) is 7.85. The van der Waals surface area contributed by atoms with Crippen molar-refractivity contribution in [2.75, 3.05) is 25.4 Å². The molecule has 1 saturated heterocycles. The summed E-state index contributed by atoms with van der Waals surface area (Å²) in [4.78, 5) is 14.8. The van der Waals surface area contributed by atoms with Gasteiger partial charge in [0.2, 0.25) is 0 Å². The van der Waals surface area contributed by atoms with Gasteiger partial charge in [-0.15, -0.1) is 0 Å². The van der Waals surface area contributed by atoms with Gasteiger partial charge < -0.3 is 15.4 Å². The van der Waals surface area contributed by atoms with Gasteiger partial charge in [-0.2, -0.15) is 5.10 Å². The molecule has 3 N–H and O–H groups in total. The van der Waals surface area contributed by atoms with E-state index in [1.165, 1.54) is 6.42 Å². The molecule has 0 aliphatic carbocycles. The number of nitrogens with one attached hydrogen (secondary N) is 1. The highest BCUT2D eigenvalue weighted by atomic mass is 16.5. The monoisotopic (exact) mass is 378 g/mol. The van der Waals surface area contributed by atoms with Gasteiger partial charge in [-0.05, 0) is 61.6 Å². The van der Waals surface area contributed by atoms with Crippen molar-refractivity contribution < 1.29 is 9.53 Å². The molecule has 0 radical (unpaired) electrons. The highest BCUT2D eigenvalue weighted by molar-refractivity contribution is 5.95. The maximum absolute atomic E-state index is 12.9. The molecule has 1 amide bonds. The van der Waals surface area contributed by atoms with E-state index >= 15 is 0 Å². The lowest BCUT2D eigenvalue weighted by molar-refractivity contribution is -0.00311. The second kappa shape index (κ2) is 8.02. The molecule has 6 nitrogen and oxygen atoms in total. The predicted octanol–water partition coefficient (Wildman–Crippen LogP) is 3.84. The lowest BCUT2D eigenvalue weighted by Crippen LogP contribution is -2.39. The fourth-order valence-electron chi connectivity index (χ4n) is 3.75. The number of nitrogen functional groups attached to an aromatic ring is 1. The Morgan fingerprint density at radius 3 is 2.71 bits per heavy atom. The van der Waals surface area contributed by atoms with E-state index in [2.05, 4.69) is 10.2 Å². The van der Waals surface area contributed by atoms with Gasteiger partial charge in [0.1, 0.15) is 0 Å². The molecule has 0 spiro atoms. The number of carbonyl (C=O) groups is 1. The minimum absolute atomic E-state index is 0.0535. The molecule has 1 fully saturated rings. The van der Waals surface area contributed by atoms with Gasteiger partial charge in [0, 0.05) is 30.6 Å². The number of aromatic amines is 1. The van der Waals surface area contributed by atoms with E-state index in [4.69, 9.17) is 10.5 Å². The number of nitrogens with zero attached hydrogens (tertiary/aromatic N) is 2. The van der Waals surface area contributed by atoms with Crippen LogP contribution in [0.2, 0.25) is 0 Å². The zero-order valence-corrected chi connectivity index (χ0v) is 16.1. The minimum atomic E-state index is 0.0535. The number of rotatable bonds is 5. The van der Waals surface area contributed by atoms with E-state index in [1.807, 2.05) is 54.3 Å². The third-order valence-corrected chi connectivity index (χ3v) is 5.42. The van der Waals surface area contributed by atoms with E-state index < -0.39 is 0 Å². The van der Waals surface area contributed by atoms with Crippen LogP contribution < -0.4 is 5.73 Å². The van der Waals surface area contributed by atoms with E-state index in [0.717, 1.165) is 41.5 Å². The van der Waals surface area contributed by atoms with Crippen molar-refractivity contribution >= 4 is 22.6 Å². The summed E-state index contributed by atoms with van der Waals surface area (Å²) in [7, 11) is 0. The first-order chi connectivity index (χ1) is 13.7. The average Bonchev–Trinajstić information content (AvgIpc) is 3.12. The average molecular weight is 378 g/mol. The molecule has 2 heterocycles. The van der Waals surface area contributed by atoms with Crippen molar-refractivity contribution in [1.82, 2.24) is 15.1 Å². The summed E-state index contributed by atoms with van der Waals surface area (Å²) in [5.74, 6) is 0.546. The minimum Gasteiger partial charge on any atom is -0.382 e. The normalized spacial score (nSPS) is 17.0. The van der Waals surface area contributed by atoms with Crippen LogP contribution in [0.1, 0.15) is 36.5 Å². The topological polar surface area (TPSA) is 84.2 Å². The summed E-state index contributed by atoms with van der Waals surface area (Å²) >= 11 is 0. The fourth-order valence-corrected chi connectivity index (χ4v) is 3.75. The summed E-state index contributed by atoms with van der Waals surface area (Å²) in [6, 6.07) is 13.8. The van der Waals surface area contributed by atoms with Gasteiger partial charge in [0.05, 0.1) is 11.6 Å². The molecule has 4 rings (SSSR count). The van der Waals surface area contributed by atoms with Crippen LogP contribution in [0.25, 0.3) is 22.0 Å². The van der Waals surface area contributed by atoms with Crippen molar-refractivity contribution in [3.8, 4) is 11.1 Å². The lowest BCUT2D eigenvalue weighted by Gasteiger charge is -2.29. The molecule has 2 aromatic carbocycles. The number of hydrogen-bond acceptors (Lipinski definition) is 4. The van der Waals surface area contributed by atoms with Crippen LogP contribution >= 0.6 is 0 Å². The Balaban J connectivity index is 1.50. The van der Waals surface area contributed by atoms with Gasteiger partial charge in [0.15, 0.2) is 5.82 Å². The molecule has 1 atom stereocenters. The summed E-state index contributed by atoms with van der Waals surface area (Å²) < 4.78 is 5.80. The Morgan fingerprint density at radius 2 is 2.00 bits per heavy atom. The number of ether oxygens (including phenoxy) is 1. The first-order valence-electron chi connectivity index (χ1n) is 9.90. The lowest BCUT2D eigenvalue weighted by atomic mass is 10.0. The summed E-state index contributed by atoms with van der Waals surface area (Å²) in [6.45, 7) is 4.15. The molecule has 1 unspecified atom stereocenters. The molecule has 3 aromatic rings. The van der Waals surface area contributed by atoms with E-state index in [9.17, 15) is 4.79 Å². The van der Waals surface area contributed by atoms with Gasteiger partial charge in [0.25, 0.3) is 5.91 Å². The Morgan fingerprint density at radius 1 is 1.21 bits per heavy atom. The van der Waals surface area contributed by atoms with Crippen LogP contribution in [0.4, 0.5) is 5.82 Å². The number of hydrogen-bond donors (Lipinski definition) is 2. The summed E-state index contributed by atoms with van der Waals surface area (Å²) in [6.07, 6.45) is 3.48. The Hall–Kier alpha value is -2.86. The first kappa shape index (κ1) is 18.5. The van der Waals surface area contributed by atoms with Crippen LogP contribution in [0.3, 0.4) is 0 Å². The van der Waals surface area contributed by atoms with Gasteiger partial charge >= 0.3 is 0 Å². The molecule has 28 heavy (non-hydrogen) atoms. The number of anilines is 1. The number of carbonyl (C=O) groups excluding carboxylic acids is 1. The molecule has 0 bridgehead atoms. The number of amides is 1. The molecule has 0 saturated carbocycles. The Labute approximate surface area is 164 Å². The molecule has 6 heteroatoms. The number of nitrogens with two attached hydrogens (primary N) is 1. The number of aromatic nitrogens is 2. The van der Waals surface area contributed by atoms with Gasteiger partial charge in [-0.1, -0.05) is 18.2 Å². The van der Waals surface area contributed by atoms with Crippen molar-refractivity contribution in [3.63, 3.8) is 0 Å².